The molecule has 0 spiro atoms. The zero-order chi connectivity index (χ0) is 10.4. The number of nitrogens with zero attached hydrogens (tertiary/aromatic N) is 1. The molecular weight excluding hydrogens is 208 g/mol. The summed E-state index contributed by atoms with van der Waals surface area (Å²) in [5.41, 5.74) is 1.21. The van der Waals surface area contributed by atoms with E-state index in [2.05, 4.69) is 17.2 Å². The second-order valence-electron chi connectivity index (χ2n) is 4.55. The fourth-order valence-corrected chi connectivity index (χ4v) is 3.18. The molecule has 2 atom stereocenters. The highest BCUT2D eigenvalue weighted by molar-refractivity contribution is 7.15. The van der Waals surface area contributed by atoms with Gasteiger partial charge in [-0.05, 0) is 31.6 Å². The van der Waals surface area contributed by atoms with Crippen LogP contribution in [0.15, 0.2) is 0 Å². The van der Waals surface area contributed by atoms with Crippen molar-refractivity contribution in [3.05, 3.63) is 10.6 Å². The molecular formula is C11H14N2OS. The molecule has 3 rings (SSSR count). The Bertz CT molecular complexity index is 391. The summed E-state index contributed by atoms with van der Waals surface area (Å²) in [6.07, 6.45) is 4.49. The first-order valence-corrected chi connectivity index (χ1v) is 6.35. The number of aryl methyl sites for hydroxylation is 2. The lowest BCUT2D eigenvalue weighted by Crippen LogP contribution is -2.14. The Balaban J connectivity index is 1.69. The molecule has 0 saturated heterocycles. The molecule has 15 heavy (non-hydrogen) atoms. The molecule has 2 unspecified atom stereocenters. The van der Waals surface area contributed by atoms with Crippen molar-refractivity contribution in [3.63, 3.8) is 0 Å². The predicted molar refractivity (Wildman–Crippen MR) is 60.0 cm³/mol. The maximum absolute atomic E-state index is 11.7. The fourth-order valence-electron chi connectivity index (χ4n) is 2.13. The zero-order valence-corrected chi connectivity index (χ0v) is 9.56. The van der Waals surface area contributed by atoms with Gasteiger partial charge in [-0.15, -0.1) is 11.3 Å². The maximum atomic E-state index is 11.7. The molecule has 1 aromatic heterocycles. The molecule has 1 heterocycles. The Morgan fingerprint density at radius 2 is 2.33 bits per heavy atom. The topological polar surface area (TPSA) is 42.0 Å². The first-order valence-electron chi connectivity index (χ1n) is 5.53. The van der Waals surface area contributed by atoms with Gasteiger partial charge >= 0.3 is 0 Å². The van der Waals surface area contributed by atoms with Crippen LogP contribution >= 0.6 is 11.3 Å². The van der Waals surface area contributed by atoms with Crippen LogP contribution in [0.1, 0.15) is 30.3 Å². The summed E-state index contributed by atoms with van der Waals surface area (Å²) in [4.78, 5) is 17.5. The van der Waals surface area contributed by atoms with Crippen LogP contribution in [0.25, 0.3) is 0 Å². The third-order valence-corrected chi connectivity index (χ3v) is 4.34. The van der Waals surface area contributed by atoms with Crippen LogP contribution in [0.5, 0.6) is 0 Å². The molecule has 1 aromatic rings. The number of hydrogen-bond acceptors (Lipinski definition) is 3. The average Bonchev–Trinajstić information content (AvgIpc) is 2.58. The molecule has 80 valence electrons. The third-order valence-electron chi connectivity index (χ3n) is 3.27. The van der Waals surface area contributed by atoms with Crippen LogP contribution in [0.3, 0.4) is 0 Å². The number of thiazole rings is 1. The number of fused-ring (bicyclic) bond motifs is 1. The van der Waals surface area contributed by atoms with E-state index in [9.17, 15) is 4.79 Å². The van der Waals surface area contributed by atoms with E-state index < -0.39 is 0 Å². The van der Waals surface area contributed by atoms with Crippen molar-refractivity contribution in [1.29, 1.82) is 0 Å². The van der Waals surface area contributed by atoms with Crippen molar-refractivity contribution in [2.45, 2.75) is 32.6 Å². The molecule has 1 saturated carbocycles. The van der Waals surface area contributed by atoms with Gasteiger partial charge in [0, 0.05) is 10.8 Å². The van der Waals surface area contributed by atoms with E-state index in [4.69, 9.17) is 0 Å². The lowest BCUT2D eigenvalue weighted by atomic mass is 10.3. The number of nitrogens with one attached hydrogen (secondary N) is 1. The molecule has 1 amide bonds. The van der Waals surface area contributed by atoms with E-state index >= 15 is 0 Å². The highest BCUT2D eigenvalue weighted by Gasteiger charge is 2.39. The van der Waals surface area contributed by atoms with Gasteiger partial charge in [0.05, 0.1) is 5.69 Å². The fraction of sp³-hybridized carbons (Fsp3) is 0.636. The van der Waals surface area contributed by atoms with Gasteiger partial charge in [0.15, 0.2) is 5.13 Å². The van der Waals surface area contributed by atoms with E-state index in [0.29, 0.717) is 5.92 Å². The Morgan fingerprint density at radius 3 is 3.00 bits per heavy atom. The van der Waals surface area contributed by atoms with E-state index in [-0.39, 0.29) is 11.8 Å². The summed E-state index contributed by atoms with van der Waals surface area (Å²) in [5.74, 6) is 0.968. The largest absolute Gasteiger partial charge is 0.302 e. The predicted octanol–water partition coefficient (Wildman–Crippen LogP) is 2.23. The van der Waals surface area contributed by atoms with Crippen molar-refractivity contribution in [3.8, 4) is 0 Å². The van der Waals surface area contributed by atoms with E-state index in [0.717, 1.165) is 24.4 Å². The minimum atomic E-state index is 0.162. The number of anilines is 1. The lowest BCUT2D eigenvalue weighted by molar-refractivity contribution is -0.117. The van der Waals surface area contributed by atoms with Crippen molar-refractivity contribution in [2.75, 3.05) is 5.32 Å². The van der Waals surface area contributed by atoms with Crippen LogP contribution in [-0.4, -0.2) is 10.9 Å². The molecule has 2 aliphatic rings. The standard InChI is InChI=1S/C11H14N2OS/c1-6-5-7(6)10(14)13-11-12-8-3-2-4-9(8)15-11/h6-7H,2-5H2,1H3,(H,12,13,14). The molecule has 0 bridgehead atoms. The monoisotopic (exact) mass is 222 g/mol. The molecule has 3 nitrogen and oxygen atoms in total. The van der Waals surface area contributed by atoms with Gasteiger partial charge in [0.2, 0.25) is 5.91 Å². The molecule has 4 heteroatoms. The maximum Gasteiger partial charge on any atom is 0.229 e. The Labute approximate surface area is 92.9 Å². The van der Waals surface area contributed by atoms with Gasteiger partial charge in [-0.25, -0.2) is 4.98 Å². The molecule has 1 N–H and O–H groups in total. The minimum absolute atomic E-state index is 0.162. The van der Waals surface area contributed by atoms with E-state index in [1.807, 2.05) is 0 Å². The van der Waals surface area contributed by atoms with Gasteiger partial charge in [-0.2, -0.15) is 0 Å². The zero-order valence-electron chi connectivity index (χ0n) is 8.75. The number of carbonyl (C=O) groups excluding carboxylic acids is 1. The van der Waals surface area contributed by atoms with Crippen molar-refractivity contribution >= 4 is 22.4 Å². The minimum Gasteiger partial charge on any atom is -0.302 e. The number of rotatable bonds is 2. The normalized spacial score (nSPS) is 27.5. The summed E-state index contributed by atoms with van der Waals surface area (Å²) >= 11 is 1.65. The van der Waals surface area contributed by atoms with E-state index in [1.54, 1.807) is 11.3 Å². The van der Waals surface area contributed by atoms with Gasteiger partial charge < -0.3 is 5.32 Å². The SMILES string of the molecule is CC1CC1C(=O)Nc1nc2c(s1)CCC2. The quantitative estimate of drug-likeness (QED) is 0.833. The summed E-state index contributed by atoms with van der Waals surface area (Å²) < 4.78 is 0. The van der Waals surface area contributed by atoms with Crippen molar-refractivity contribution < 1.29 is 4.79 Å². The van der Waals surface area contributed by atoms with Gasteiger partial charge in [0.25, 0.3) is 0 Å². The smallest absolute Gasteiger partial charge is 0.229 e. The first-order chi connectivity index (χ1) is 7.24. The first kappa shape index (κ1) is 9.33. The second-order valence-corrected chi connectivity index (χ2v) is 5.63. The van der Waals surface area contributed by atoms with E-state index in [1.165, 1.54) is 17.0 Å². The number of hydrogen-bond donors (Lipinski definition) is 1. The lowest BCUT2D eigenvalue weighted by Gasteiger charge is -1.98. The molecule has 0 aliphatic heterocycles. The van der Waals surface area contributed by atoms with Crippen LogP contribution < -0.4 is 5.32 Å². The second kappa shape index (κ2) is 3.30. The number of amides is 1. The third kappa shape index (κ3) is 1.67. The van der Waals surface area contributed by atoms with Crippen LogP contribution in [-0.2, 0) is 17.6 Å². The molecule has 0 aromatic carbocycles. The molecule has 2 aliphatic carbocycles. The van der Waals surface area contributed by atoms with Crippen LogP contribution in [0, 0.1) is 11.8 Å². The van der Waals surface area contributed by atoms with Gasteiger partial charge in [0.1, 0.15) is 0 Å². The van der Waals surface area contributed by atoms with Crippen molar-refractivity contribution in [1.82, 2.24) is 4.98 Å². The summed E-state index contributed by atoms with van der Waals surface area (Å²) in [6, 6.07) is 0. The Hall–Kier alpha value is -0.900. The summed E-state index contributed by atoms with van der Waals surface area (Å²) in [7, 11) is 0. The van der Waals surface area contributed by atoms with Gasteiger partial charge in [-0.1, -0.05) is 6.92 Å². The highest BCUT2D eigenvalue weighted by atomic mass is 32.1. The van der Waals surface area contributed by atoms with Gasteiger partial charge in [-0.3, -0.25) is 4.79 Å². The van der Waals surface area contributed by atoms with Crippen molar-refractivity contribution in [2.24, 2.45) is 11.8 Å². The summed E-state index contributed by atoms with van der Waals surface area (Å²) in [5, 5.41) is 3.74. The summed E-state index contributed by atoms with van der Waals surface area (Å²) in [6.45, 7) is 2.12. The molecule has 0 radical (unpaired) electrons. The van der Waals surface area contributed by atoms with Crippen LogP contribution in [0.4, 0.5) is 5.13 Å². The number of carbonyl (C=O) groups is 1. The Morgan fingerprint density at radius 1 is 1.53 bits per heavy atom. The number of aromatic nitrogens is 1. The van der Waals surface area contributed by atoms with Crippen LogP contribution in [0.2, 0.25) is 0 Å². The highest BCUT2D eigenvalue weighted by Crippen LogP contribution is 2.39. The Kier molecular flexibility index (Phi) is 2.06. The average molecular weight is 222 g/mol. The molecule has 1 fully saturated rings.